The van der Waals surface area contributed by atoms with E-state index >= 15 is 0 Å². The molecule has 4 nitrogen and oxygen atoms in total. The summed E-state index contributed by atoms with van der Waals surface area (Å²) in [5.74, 6) is -0.311. The predicted molar refractivity (Wildman–Crippen MR) is 49.0 cm³/mol. The molecule has 0 amide bonds. The predicted octanol–water partition coefficient (Wildman–Crippen LogP) is 1.47. The second kappa shape index (κ2) is 4.35. The van der Waals surface area contributed by atoms with Crippen LogP contribution in [0.3, 0.4) is 0 Å². The summed E-state index contributed by atoms with van der Waals surface area (Å²) in [5, 5.41) is 21.7. The average Bonchev–Trinajstić information content (AvgIpc) is 2.12. The number of hydrogen-bond donors (Lipinski definition) is 2. The molecule has 4 heteroatoms. The molecule has 13 heavy (non-hydrogen) atoms. The van der Waals surface area contributed by atoms with Gasteiger partial charge in [0.1, 0.15) is 6.61 Å². The van der Waals surface area contributed by atoms with Gasteiger partial charge in [-0.1, -0.05) is 5.16 Å². The van der Waals surface area contributed by atoms with Crippen LogP contribution in [0.15, 0.2) is 23.4 Å². The summed E-state index contributed by atoms with van der Waals surface area (Å²) in [4.78, 5) is 4.73. The first kappa shape index (κ1) is 9.38. The van der Waals surface area contributed by atoms with Gasteiger partial charge in [-0.25, -0.2) is 0 Å². The van der Waals surface area contributed by atoms with Gasteiger partial charge >= 0.3 is 0 Å². The molecule has 0 saturated carbocycles. The first-order valence-electron chi connectivity index (χ1n) is 3.91. The number of aromatic hydroxyl groups is 2. The smallest absolute Gasteiger partial charge is 0.158 e. The molecule has 0 radical (unpaired) electrons. The van der Waals surface area contributed by atoms with Crippen LogP contribution in [0.2, 0.25) is 0 Å². The van der Waals surface area contributed by atoms with E-state index in [-0.39, 0.29) is 11.5 Å². The lowest BCUT2D eigenvalue weighted by atomic mass is 10.2. The molecule has 0 heterocycles. The minimum atomic E-state index is -0.166. The average molecular weight is 181 g/mol. The summed E-state index contributed by atoms with van der Waals surface area (Å²) in [6.07, 6.45) is 1.46. The Morgan fingerprint density at radius 2 is 2.15 bits per heavy atom. The highest BCUT2D eigenvalue weighted by atomic mass is 16.6. The SMILES string of the molecule is CCON=Cc1ccc(O)c(O)c1. The summed E-state index contributed by atoms with van der Waals surface area (Å²) in [6, 6.07) is 4.41. The lowest BCUT2D eigenvalue weighted by molar-refractivity contribution is 0.160. The molecular weight excluding hydrogens is 170 g/mol. The van der Waals surface area contributed by atoms with Gasteiger partial charge in [0.25, 0.3) is 0 Å². The maximum atomic E-state index is 9.10. The molecular formula is C9H11NO3. The van der Waals surface area contributed by atoms with Crippen LogP contribution in [0, 0.1) is 0 Å². The van der Waals surface area contributed by atoms with Crippen LogP contribution in [0.4, 0.5) is 0 Å². The molecule has 0 aliphatic rings. The molecule has 70 valence electrons. The molecule has 0 spiro atoms. The van der Waals surface area contributed by atoms with Gasteiger partial charge in [-0.3, -0.25) is 0 Å². The third kappa shape index (κ3) is 2.66. The summed E-state index contributed by atoms with van der Waals surface area (Å²) in [5.41, 5.74) is 0.670. The number of phenolic OH excluding ortho intramolecular Hbond substituents is 2. The zero-order valence-corrected chi connectivity index (χ0v) is 7.27. The van der Waals surface area contributed by atoms with Gasteiger partial charge in [0.05, 0.1) is 6.21 Å². The third-order valence-corrected chi connectivity index (χ3v) is 1.40. The molecule has 0 aliphatic carbocycles. The van der Waals surface area contributed by atoms with Gasteiger partial charge < -0.3 is 15.1 Å². The normalized spacial score (nSPS) is 10.5. The maximum Gasteiger partial charge on any atom is 0.158 e. The Morgan fingerprint density at radius 3 is 2.77 bits per heavy atom. The Balaban J connectivity index is 2.73. The van der Waals surface area contributed by atoms with Gasteiger partial charge in [0.15, 0.2) is 11.5 Å². The molecule has 0 bridgehead atoms. The Bertz CT molecular complexity index is 310. The van der Waals surface area contributed by atoms with Crippen molar-refractivity contribution in [1.29, 1.82) is 0 Å². The van der Waals surface area contributed by atoms with Crippen molar-refractivity contribution in [2.45, 2.75) is 6.92 Å². The monoisotopic (exact) mass is 181 g/mol. The van der Waals surface area contributed by atoms with E-state index in [4.69, 9.17) is 15.1 Å². The Morgan fingerprint density at radius 1 is 1.38 bits per heavy atom. The van der Waals surface area contributed by atoms with Crippen molar-refractivity contribution in [2.24, 2.45) is 5.16 Å². The van der Waals surface area contributed by atoms with E-state index in [1.54, 1.807) is 6.07 Å². The lowest BCUT2D eigenvalue weighted by Gasteiger charge is -1.97. The minimum Gasteiger partial charge on any atom is -0.504 e. The van der Waals surface area contributed by atoms with E-state index < -0.39 is 0 Å². The Hall–Kier alpha value is -1.71. The van der Waals surface area contributed by atoms with E-state index in [9.17, 15) is 0 Å². The zero-order valence-electron chi connectivity index (χ0n) is 7.27. The van der Waals surface area contributed by atoms with Crippen molar-refractivity contribution in [1.82, 2.24) is 0 Å². The second-order valence-electron chi connectivity index (χ2n) is 2.40. The summed E-state index contributed by atoms with van der Waals surface area (Å²) < 4.78 is 0. The number of oxime groups is 1. The summed E-state index contributed by atoms with van der Waals surface area (Å²) in [6.45, 7) is 2.33. The highest BCUT2D eigenvalue weighted by Gasteiger charge is 1.97. The molecule has 2 N–H and O–H groups in total. The quantitative estimate of drug-likeness (QED) is 0.421. The highest BCUT2D eigenvalue weighted by Crippen LogP contribution is 2.23. The molecule has 0 aromatic heterocycles. The zero-order chi connectivity index (χ0) is 9.68. The molecule has 0 atom stereocenters. The van der Waals surface area contributed by atoms with E-state index in [0.29, 0.717) is 12.2 Å². The third-order valence-electron chi connectivity index (χ3n) is 1.40. The van der Waals surface area contributed by atoms with E-state index in [1.807, 2.05) is 6.92 Å². The fourth-order valence-electron chi connectivity index (χ4n) is 0.793. The van der Waals surface area contributed by atoms with E-state index in [0.717, 1.165) is 0 Å². The van der Waals surface area contributed by atoms with Crippen molar-refractivity contribution in [3.8, 4) is 11.5 Å². The molecule has 1 rings (SSSR count). The number of benzene rings is 1. The van der Waals surface area contributed by atoms with Crippen LogP contribution in [-0.2, 0) is 4.84 Å². The van der Waals surface area contributed by atoms with Crippen molar-refractivity contribution in [2.75, 3.05) is 6.61 Å². The van der Waals surface area contributed by atoms with Crippen LogP contribution in [0.25, 0.3) is 0 Å². The van der Waals surface area contributed by atoms with E-state index in [1.165, 1.54) is 18.3 Å². The fourth-order valence-corrected chi connectivity index (χ4v) is 0.793. The fraction of sp³-hybridized carbons (Fsp3) is 0.222. The van der Waals surface area contributed by atoms with Gasteiger partial charge in [-0.2, -0.15) is 0 Å². The molecule has 1 aromatic rings. The summed E-state index contributed by atoms with van der Waals surface area (Å²) in [7, 11) is 0. The molecule has 0 saturated heterocycles. The number of nitrogens with zero attached hydrogens (tertiary/aromatic N) is 1. The van der Waals surface area contributed by atoms with Gasteiger partial charge in [-0.15, -0.1) is 0 Å². The first-order chi connectivity index (χ1) is 6.24. The lowest BCUT2D eigenvalue weighted by Crippen LogP contribution is -1.84. The van der Waals surface area contributed by atoms with Crippen molar-refractivity contribution >= 4 is 6.21 Å². The largest absolute Gasteiger partial charge is 0.504 e. The minimum absolute atomic E-state index is 0.145. The standard InChI is InChI=1S/C9H11NO3/c1-2-13-10-6-7-3-4-8(11)9(12)5-7/h3-6,11-12H,2H2,1H3. The van der Waals surface area contributed by atoms with Crippen LogP contribution in [0.5, 0.6) is 11.5 Å². The van der Waals surface area contributed by atoms with E-state index in [2.05, 4.69) is 5.16 Å². The molecule has 1 aromatic carbocycles. The molecule has 0 unspecified atom stereocenters. The Labute approximate surface area is 76.1 Å². The van der Waals surface area contributed by atoms with Crippen LogP contribution >= 0.6 is 0 Å². The van der Waals surface area contributed by atoms with Crippen LogP contribution < -0.4 is 0 Å². The Kier molecular flexibility index (Phi) is 3.14. The van der Waals surface area contributed by atoms with Crippen molar-refractivity contribution in [3.63, 3.8) is 0 Å². The topological polar surface area (TPSA) is 62.0 Å². The van der Waals surface area contributed by atoms with Crippen molar-refractivity contribution in [3.05, 3.63) is 23.8 Å². The number of rotatable bonds is 3. The molecule has 0 aliphatic heterocycles. The van der Waals surface area contributed by atoms with Gasteiger partial charge in [0.2, 0.25) is 0 Å². The van der Waals surface area contributed by atoms with Gasteiger partial charge in [-0.05, 0) is 30.7 Å². The van der Waals surface area contributed by atoms with Gasteiger partial charge in [0, 0.05) is 0 Å². The first-order valence-corrected chi connectivity index (χ1v) is 3.91. The maximum absolute atomic E-state index is 9.10. The molecule has 0 fully saturated rings. The highest BCUT2D eigenvalue weighted by molar-refractivity contribution is 5.80. The van der Waals surface area contributed by atoms with Crippen molar-refractivity contribution < 1.29 is 15.1 Å². The number of phenols is 2. The number of hydrogen-bond acceptors (Lipinski definition) is 4. The second-order valence-corrected chi connectivity index (χ2v) is 2.40. The van der Waals surface area contributed by atoms with Crippen LogP contribution in [0.1, 0.15) is 12.5 Å². The van der Waals surface area contributed by atoms with Crippen LogP contribution in [-0.4, -0.2) is 23.0 Å². The summed E-state index contributed by atoms with van der Waals surface area (Å²) >= 11 is 0.